The van der Waals surface area contributed by atoms with Gasteiger partial charge in [-0.25, -0.2) is 0 Å². The van der Waals surface area contributed by atoms with E-state index in [1.165, 1.54) is 57.8 Å². The van der Waals surface area contributed by atoms with Gasteiger partial charge in [-0.3, -0.25) is 4.79 Å². The van der Waals surface area contributed by atoms with E-state index in [1.807, 2.05) is 0 Å². The molecule has 0 aromatic carbocycles. The van der Waals surface area contributed by atoms with E-state index >= 15 is 0 Å². The highest BCUT2D eigenvalue weighted by molar-refractivity contribution is 5.79. The van der Waals surface area contributed by atoms with Gasteiger partial charge in [-0.2, -0.15) is 0 Å². The van der Waals surface area contributed by atoms with E-state index in [0.29, 0.717) is 22.7 Å². The van der Waals surface area contributed by atoms with E-state index in [1.54, 1.807) is 0 Å². The standard InChI is InChI=1S/C26H45NO/c1-16(2)27-24(28)18(4)21-9-10-22-20-8-7-19-15-17(3)11-13-25(19,5)23(20)12-14-26(21,22)6/h16-23H,7-15H2,1-6H3,(H,27,28). The molecule has 0 spiro atoms. The zero-order chi connectivity index (χ0) is 20.3. The van der Waals surface area contributed by atoms with Crippen LogP contribution in [0.5, 0.6) is 0 Å². The minimum absolute atomic E-state index is 0.163. The van der Waals surface area contributed by atoms with Gasteiger partial charge in [-0.05, 0) is 112 Å². The quantitative estimate of drug-likeness (QED) is 0.593. The van der Waals surface area contributed by atoms with Gasteiger partial charge in [0.15, 0.2) is 0 Å². The van der Waals surface area contributed by atoms with E-state index in [4.69, 9.17) is 0 Å². The molecule has 2 heteroatoms. The first-order chi connectivity index (χ1) is 13.2. The summed E-state index contributed by atoms with van der Waals surface area (Å²) < 4.78 is 0. The Morgan fingerprint density at radius 3 is 2.29 bits per heavy atom. The van der Waals surface area contributed by atoms with Crippen LogP contribution in [0, 0.1) is 52.3 Å². The van der Waals surface area contributed by atoms with Crippen molar-refractivity contribution in [2.45, 2.75) is 105 Å². The Morgan fingerprint density at radius 2 is 1.57 bits per heavy atom. The van der Waals surface area contributed by atoms with Gasteiger partial charge < -0.3 is 5.32 Å². The van der Waals surface area contributed by atoms with E-state index in [-0.39, 0.29) is 12.0 Å². The van der Waals surface area contributed by atoms with Crippen LogP contribution in [0.25, 0.3) is 0 Å². The minimum Gasteiger partial charge on any atom is -0.354 e. The first-order valence-electron chi connectivity index (χ1n) is 12.5. The second kappa shape index (κ2) is 7.31. The van der Waals surface area contributed by atoms with Crippen molar-refractivity contribution in [2.24, 2.45) is 52.3 Å². The number of rotatable bonds is 3. The van der Waals surface area contributed by atoms with E-state index in [2.05, 4.69) is 46.9 Å². The highest BCUT2D eigenvalue weighted by atomic mass is 16.1. The number of amides is 1. The Kier molecular flexibility index (Phi) is 5.41. The Balaban J connectivity index is 1.53. The summed E-state index contributed by atoms with van der Waals surface area (Å²) in [6.07, 6.45) is 12.8. The second-order valence-electron chi connectivity index (χ2n) is 12.2. The molecule has 4 aliphatic carbocycles. The topological polar surface area (TPSA) is 29.1 Å². The first-order valence-corrected chi connectivity index (χ1v) is 12.5. The van der Waals surface area contributed by atoms with Crippen LogP contribution in [-0.2, 0) is 4.79 Å². The Bertz CT molecular complexity index is 599. The smallest absolute Gasteiger partial charge is 0.223 e. The van der Waals surface area contributed by atoms with Gasteiger partial charge in [-0.15, -0.1) is 0 Å². The molecule has 28 heavy (non-hydrogen) atoms. The molecule has 1 amide bonds. The normalized spacial score (nSPS) is 49.1. The van der Waals surface area contributed by atoms with Crippen molar-refractivity contribution < 1.29 is 4.79 Å². The molecule has 4 aliphatic rings. The Hall–Kier alpha value is -0.530. The van der Waals surface area contributed by atoms with Crippen LogP contribution in [0.1, 0.15) is 99.3 Å². The number of hydrogen-bond donors (Lipinski definition) is 1. The summed E-state index contributed by atoms with van der Waals surface area (Å²) in [6.45, 7) is 14.1. The van der Waals surface area contributed by atoms with E-state index in [9.17, 15) is 4.79 Å². The SMILES string of the molecule is CC1CCC2(C)C(CCC3C2CCC2(C)C(C(C)C(=O)NC(C)C)CCC32)C1. The van der Waals surface area contributed by atoms with Crippen molar-refractivity contribution in [1.29, 1.82) is 0 Å². The molecule has 1 N–H and O–H groups in total. The lowest BCUT2D eigenvalue weighted by atomic mass is 9.44. The van der Waals surface area contributed by atoms with Crippen molar-refractivity contribution >= 4 is 5.91 Å². The maximum absolute atomic E-state index is 12.8. The molecule has 4 saturated carbocycles. The monoisotopic (exact) mass is 387 g/mol. The van der Waals surface area contributed by atoms with Crippen LogP contribution in [0.2, 0.25) is 0 Å². The van der Waals surface area contributed by atoms with E-state index in [0.717, 1.165) is 29.6 Å². The van der Waals surface area contributed by atoms with Crippen LogP contribution >= 0.6 is 0 Å². The van der Waals surface area contributed by atoms with Crippen LogP contribution in [-0.4, -0.2) is 11.9 Å². The number of fused-ring (bicyclic) bond motifs is 5. The lowest BCUT2D eigenvalue weighted by Crippen LogP contribution is -2.54. The molecule has 4 rings (SSSR count). The maximum Gasteiger partial charge on any atom is 0.223 e. The summed E-state index contributed by atoms with van der Waals surface area (Å²) in [5.41, 5.74) is 0.996. The number of nitrogens with one attached hydrogen (secondary N) is 1. The van der Waals surface area contributed by atoms with Gasteiger partial charge in [0, 0.05) is 12.0 Å². The van der Waals surface area contributed by atoms with Crippen LogP contribution in [0.3, 0.4) is 0 Å². The fraction of sp³-hybridized carbons (Fsp3) is 0.962. The summed E-state index contributed by atoms with van der Waals surface area (Å²) >= 11 is 0. The van der Waals surface area contributed by atoms with Gasteiger partial charge >= 0.3 is 0 Å². The van der Waals surface area contributed by atoms with Crippen molar-refractivity contribution in [3.05, 3.63) is 0 Å². The average Bonchev–Trinajstić information content (AvgIpc) is 2.98. The number of carbonyl (C=O) groups excluding carboxylic acids is 1. The Morgan fingerprint density at radius 1 is 0.893 bits per heavy atom. The molecule has 160 valence electrons. The summed E-state index contributed by atoms with van der Waals surface area (Å²) in [5, 5.41) is 3.20. The largest absolute Gasteiger partial charge is 0.354 e. The highest BCUT2D eigenvalue weighted by Gasteiger charge is 2.60. The van der Waals surface area contributed by atoms with Gasteiger partial charge in [0.2, 0.25) is 5.91 Å². The molecule has 0 bridgehead atoms. The van der Waals surface area contributed by atoms with Crippen molar-refractivity contribution in [3.8, 4) is 0 Å². The molecule has 0 aromatic heterocycles. The fourth-order valence-corrected chi connectivity index (χ4v) is 8.93. The van der Waals surface area contributed by atoms with E-state index < -0.39 is 0 Å². The van der Waals surface area contributed by atoms with Crippen molar-refractivity contribution in [2.75, 3.05) is 0 Å². The molecule has 0 heterocycles. The van der Waals surface area contributed by atoms with Crippen LogP contribution in [0.15, 0.2) is 0 Å². The zero-order valence-electron chi connectivity index (χ0n) is 19.4. The van der Waals surface area contributed by atoms with Gasteiger partial charge in [0.05, 0.1) is 0 Å². The average molecular weight is 388 g/mol. The summed E-state index contributed by atoms with van der Waals surface area (Å²) in [4.78, 5) is 12.8. The lowest BCUT2D eigenvalue weighted by molar-refractivity contribution is -0.135. The third kappa shape index (κ3) is 3.16. The lowest BCUT2D eigenvalue weighted by Gasteiger charge is -2.61. The number of carbonyl (C=O) groups is 1. The minimum atomic E-state index is 0.163. The third-order valence-corrected chi connectivity index (χ3v) is 10.4. The predicted octanol–water partition coefficient (Wildman–Crippen LogP) is 6.44. The molecule has 9 unspecified atom stereocenters. The summed E-state index contributed by atoms with van der Waals surface area (Å²) in [5.74, 6) is 5.71. The predicted molar refractivity (Wildman–Crippen MR) is 117 cm³/mol. The fourth-order valence-electron chi connectivity index (χ4n) is 8.93. The zero-order valence-corrected chi connectivity index (χ0v) is 19.4. The molecule has 0 radical (unpaired) electrons. The first kappa shape index (κ1) is 20.7. The summed E-state index contributed by atoms with van der Waals surface area (Å²) in [7, 11) is 0. The van der Waals surface area contributed by atoms with Crippen LogP contribution in [0.4, 0.5) is 0 Å². The molecular formula is C26H45NO. The van der Waals surface area contributed by atoms with Gasteiger partial charge in [-0.1, -0.05) is 34.1 Å². The number of hydrogen-bond acceptors (Lipinski definition) is 1. The molecule has 9 atom stereocenters. The van der Waals surface area contributed by atoms with Crippen molar-refractivity contribution in [1.82, 2.24) is 5.32 Å². The molecular weight excluding hydrogens is 342 g/mol. The van der Waals surface area contributed by atoms with Gasteiger partial charge in [0.25, 0.3) is 0 Å². The second-order valence-corrected chi connectivity index (χ2v) is 12.2. The molecule has 2 nitrogen and oxygen atoms in total. The maximum atomic E-state index is 12.8. The summed E-state index contributed by atoms with van der Waals surface area (Å²) in [6, 6.07) is 0.250. The molecule has 0 saturated heterocycles. The van der Waals surface area contributed by atoms with Gasteiger partial charge in [0.1, 0.15) is 0 Å². The third-order valence-electron chi connectivity index (χ3n) is 10.4. The molecule has 0 aromatic rings. The molecule has 0 aliphatic heterocycles. The van der Waals surface area contributed by atoms with Crippen molar-refractivity contribution in [3.63, 3.8) is 0 Å². The van der Waals surface area contributed by atoms with Crippen LogP contribution < -0.4 is 5.32 Å². The Labute approximate surface area is 174 Å². The molecule has 4 fully saturated rings. The highest BCUT2D eigenvalue weighted by Crippen LogP contribution is 2.68.